The van der Waals surface area contributed by atoms with E-state index in [1.807, 2.05) is 0 Å². The standard InChI is InChI=1S/C13H28N2O/c1-3-15(4-2)10-9-14-13-8-6-5-7-12(13)11-16/h12-14,16H,3-11H2,1-2H3. The summed E-state index contributed by atoms with van der Waals surface area (Å²) < 4.78 is 0. The van der Waals surface area contributed by atoms with Crippen LogP contribution in [0.15, 0.2) is 0 Å². The molecule has 0 aromatic carbocycles. The Morgan fingerprint density at radius 2 is 1.88 bits per heavy atom. The van der Waals surface area contributed by atoms with Crippen LogP contribution in [0.4, 0.5) is 0 Å². The van der Waals surface area contributed by atoms with Crippen LogP contribution in [0.5, 0.6) is 0 Å². The second kappa shape index (κ2) is 8.04. The Balaban J connectivity index is 2.19. The van der Waals surface area contributed by atoms with Crippen molar-refractivity contribution in [2.24, 2.45) is 5.92 Å². The van der Waals surface area contributed by atoms with Gasteiger partial charge in [0.15, 0.2) is 0 Å². The van der Waals surface area contributed by atoms with Gasteiger partial charge in [-0.25, -0.2) is 0 Å². The smallest absolute Gasteiger partial charge is 0.0474 e. The average molecular weight is 228 g/mol. The lowest BCUT2D eigenvalue weighted by atomic mass is 9.85. The van der Waals surface area contributed by atoms with Crippen molar-refractivity contribution in [2.45, 2.75) is 45.6 Å². The van der Waals surface area contributed by atoms with Crippen molar-refractivity contribution in [3.05, 3.63) is 0 Å². The maximum atomic E-state index is 9.31. The summed E-state index contributed by atoms with van der Waals surface area (Å²) in [6.45, 7) is 9.22. The molecule has 0 aromatic heterocycles. The highest BCUT2D eigenvalue weighted by molar-refractivity contribution is 4.80. The summed E-state index contributed by atoms with van der Waals surface area (Å²) in [4.78, 5) is 2.43. The van der Waals surface area contributed by atoms with Gasteiger partial charge in [-0.1, -0.05) is 26.7 Å². The molecule has 1 fully saturated rings. The molecule has 2 N–H and O–H groups in total. The van der Waals surface area contributed by atoms with Crippen molar-refractivity contribution in [3.63, 3.8) is 0 Å². The van der Waals surface area contributed by atoms with Crippen LogP contribution < -0.4 is 5.32 Å². The molecule has 1 aliphatic carbocycles. The molecule has 2 unspecified atom stereocenters. The fourth-order valence-electron chi connectivity index (χ4n) is 2.64. The van der Waals surface area contributed by atoms with Crippen molar-refractivity contribution >= 4 is 0 Å². The van der Waals surface area contributed by atoms with E-state index in [0.29, 0.717) is 18.6 Å². The molecular weight excluding hydrogens is 200 g/mol. The molecule has 16 heavy (non-hydrogen) atoms. The Morgan fingerprint density at radius 1 is 1.19 bits per heavy atom. The number of hydrogen-bond acceptors (Lipinski definition) is 3. The summed E-state index contributed by atoms with van der Waals surface area (Å²) in [6, 6.07) is 0.550. The molecule has 0 aromatic rings. The predicted octanol–water partition coefficient (Wildman–Crippen LogP) is 1.47. The summed E-state index contributed by atoms with van der Waals surface area (Å²) >= 11 is 0. The van der Waals surface area contributed by atoms with Gasteiger partial charge in [0.05, 0.1) is 0 Å². The Kier molecular flexibility index (Phi) is 7.01. The molecule has 0 spiro atoms. The summed E-state index contributed by atoms with van der Waals surface area (Å²) in [7, 11) is 0. The van der Waals surface area contributed by atoms with E-state index in [1.54, 1.807) is 0 Å². The van der Waals surface area contributed by atoms with Crippen LogP contribution in [0.3, 0.4) is 0 Å². The average Bonchev–Trinajstić information content (AvgIpc) is 2.35. The largest absolute Gasteiger partial charge is 0.396 e. The molecule has 2 atom stereocenters. The molecule has 1 saturated carbocycles. The predicted molar refractivity (Wildman–Crippen MR) is 68.6 cm³/mol. The van der Waals surface area contributed by atoms with Crippen LogP contribution in [0.2, 0.25) is 0 Å². The highest BCUT2D eigenvalue weighted by Crippen LogP contribution is 2.23. The lowest BCUT2D eigenvalue weighted by Crippen LogP contribution is -2.43. The first-order valence-corrected chi connectivity index (χ1v) is 6.88. The van der Waals surface area contributed by atoms with Gasteiger partial charge in [0.1, 0.15) is 0 Å². The summed E-state index contributed by atoms with van der Waals surface area (Å²) in [5.74, 6) is 0.491. The topological polar surface area (TPSA) is 35.5 Å². The minimum absolute atomic E-state index is 0.350. The van der Waals surface area contributed by atoms with Gasteiger partial charge in [0.2, 0.25) is 0 Å². The molecule has 0 amide bonds. The van der Waals surface area contributed by atoms with Crippen molar-refractivity contribution in [1.82, 2.24) is 10.2 Å². The SMILES string of the molecule is CCN(CC)CCNC1CCCCC1CO. The summed E-state index contributed by atoms with van der Waals surface area (Å²) in [5.41, 5.74) is 0. The van der Waals surface area contributed by atoms with Gasteiger partial charge >= 0.3 is 0 Å². The van der Waals surface area contributed by atoms with E-state index in [9.17, 15) is 5.11 Å². The molecule has 3 nitrogen and oxygen atoms in total. The van der Waals surface area contributed by atoms with Crippen LogP contribution in [0.1, 0.15) is 39.5 Å². The molecule has 0 radical (unpaired) electrons. The van der Waals surface area contributed by atoms with Gasteiger partial charge in [-0.05, 0) is 31.8 Å². The number of nitrogens with one attached hydrogen (secondary N) is 1. The van der Waals surface area contributed by atoms with Crippen molar-refractivity contribution in [1.29, 1.82) is 0 Å². The molecule has 0 saturated heterocycles. The third-order valence-electron chi connectivity index (χ3n) is 3.87. The van der Waals surface area contributed by atoms with E-state index in [1.165, 1.54) is 25.7 Å². The number of nitrogens with zero attached hydrogens (tertiary/aromatic N) is 1. The quantitative estimate of drug-likeness (QED) is 0.692. The third-order valence-corrected chi connectivity index (χ3v) is 3.87. The number of aliphatic hydroxyl groups is 1. The zero-order valence-corrected chi connectivity index (χ0v) is 10.9. The van der Waals surface area contributed by atoms with E-state index in [4.69, 9.17) is 0 Å². The zero-order valence-electron chi connectivity index (χ0n) is 10.9. The third kappa shape index (κ3) is 4.40. The molecule has 96 valence electrons. The van der Waals surface area contributed by atoms with Crippen LogP contribution in [-0.2, 0) is 0 Å². The first-order valence-electron chi connectivity index (χ1n) is 6.88. The molecule has 0 bridgehead atoms. The molecule has 1 rings (SSSR count). The summed E-state index contributed by atoms with van der Waals surface area (Å²) in [5, 5.41) is 12.9. The lowest BCUT2D eigenvalue weighted by Gasteiger charge is -2.31. The normalized spacial score (nSPS) is 26.2. The Bertz CT molecular complexity index is 171. The lowest BCUT2D eigenvalue weighted by molar-refractivity contribution is 0.150. The number of hydrogen-bond donors (Lipinski definition) is 2. The van der Waals surface area contributed by atoms with Gasteiger partial charge in [0.25, 0.3) is 0 Å². The minimum Gasteiger partial charge on any atom is -0.396 e. The minimum atomic E-state index is 0.350. The molecular formula is C13H28N2O. The van der Waals surface area contributed by atoms with Gasteiger partial charge < -0.3 is 15.3 Å². The van der Waals surface area contributed by atoms with E-state index in [2.05, 4.69) is 24.1 Å². The van der Waals surface area contributed by atoms with Gasteiger partial charge in [-0.3, -0.25) is 0 Å². The van der Waals surface area contributed by atoms with Crippen molar-refractivity contribution < 1.29 is 5.11 Å². The molecule has 0 heterocycles. The van der Waals surface area contributed by atoms with Gasteiger partial charge in [-0.15, -0.1) is 0 Å². The Morgan fingerprint density at radius 3 is 2.50 bits per heavy atom. The second-order valence-electron chi connectivity index (χ2n) is 4.81. The maximum Gasteiger partial charge on any atom is 0.0474 e. The van der Waals surface area contributed by atoms with E-state index >= 15 is 0 Å². The number of likely N-dealkylation sites (N-methyl/N-ethyl adjacent to an activating group) is 1. The van der Waals surface area contributed by atoms with Crippen LogP contribution in [-0.4, -0.2) is 48.8 Å². The number of rotatable bonds is 7. The Labute approximate surface area is 100 Å². The maximum absolute atomic E-state index is 9.31. The zero-order chi connectivity index (χ0) is 11.8. The monoisotopic (exact) mass is 228 g/mol. The fourth-order valence-corrected chi connectivity index (χ4v) is 2.64. The van der Waals surface area contributed by atoms with E-state index < -0.39 is 0 Å². The highest BCUT2D eigenvalue weighted by Gasteiger charge is 2.23. The van der Waals surface area contributed by atoms with Crippen LogP contribution >= 0.6 is 0 Å². The molecule has 1 aliphatic rings. The van der Waals surface area contributed by atoms with Crippen molar-refractivity contribution in [3.8, 4) is 0 Å². The first kappa shape index (κ1) is 13.9. The van der Waals surface area contributed by atoms with Crippen molar-refractivity contribution in [2.75, 3.05) is 32.8 Å². The molecule has 0 aliphatic heterocycles. The highest BCUT2D eigenvalue weighted by atomic mass is 16.3. The van der Waals surface area contributed by atoms with Crippen LogP contribution in [0, 0.1) is 5.92 Å². The first-order chi connectivity index (χ1) is 7.81. The number of aliphatic hydroxyl groups excluding tert-OH is 1. The van der Waals surface area contributed by atoms with E-state index in [0.717, 1.165) is 26.2 Å². The second-order valence-corrected chi connectivity index (χ2v) is 4.81. The summed E-state index contributed by atoms with van der Waals surface area (Å²) in [6.07, 6.45) is 5.04. The molecule has 3 heteroatoms. The van der Waals surface area contributed by atoms with Crippen LogP contribution in [0.25, 0.3) is 0 Å². The fraction of sp³-hybridized carbons (Fsp3) is 1.00. The van der Waals surface area contributed by atoms with E-state index in [-0.39, 0.29) is 0 Å². The Hall–Kier alpha value is -0.120. The van der Waals surface area contributed by atoms with Gasteiger partial charge in [-0.2, -0.15) is 0 Å². The van der Waals surface area contributed by atoms with Gasteiger partial charge in [0, 0.05) is 25.7 Å².